The van der Waals surface area contributed by atoms with Crippen molar-refractivity contribution in [2.45, 2.75) is 19.2 Å². The lowest BCUT2D eigenvalue weighted by Gasteiger charge is -2.08. The first-order valence-electron chi connectivity index (χ1n) is 7.47. The molecule has 1 aromatic heterocycles. The van der Waals surface area contributed by atoms with Crippen LogP contribution in [0.2, 0.25) is 0 Å². The van der Waals surface area contributed by atoms with Crippen molar-refractivity contribution in [3.05, 3.63) is 45.9 Å². The van der Waals surface area contributed by atoms with Crippen LogP contribution in [0.3, 0.4) is 0 Å². The standard InChI is InChI=1S/C16H20N4O2S2/c1-3-17-15(21)11-5-4-6-12(7-11)20-16(22)18-8-13-9-24-14(19-13)10-23-2/h4-7,9H,3,8,10H2,1-2H3,(H,17,21)(H2,18,20,22). The number of thioether (sulfide) groups is 1. The molecular formula is C16H20N4O2S2. The van der Waals surface area contributed by atoms with Gasteiger partial charge < -0.3 is 16.0 Å². The van der Waals surface area contributed by atoms with Gasteiger partial charge >= 0.3 is 6.03 Å². The number of amides is 3. The monoisotopic (exact) mass is 364 g/mol. The van der Waals surface area contributed by atoms with Crippen LogP contribution in [-0.2, 0) is 12.3 Å². The summed E-state index contributed by atoms with van der Waals surface area (Å²) in [5, 5.41) is 11.2. The Morgan fingerprint density at radius 1 is 1.29 bits per heavy atom. The summed E-state index contributed by atoms with van der Waals surface area (Å²) in [5.41, 5.74) is 1.92. The zero-order valence-electron chi connectivity index (χ0n) is 13.6. The molecule has 1 heterocycles. The van der Waals surface area contributed by atoms with Crippen molar-refractivity contribution >= 4 is 40.7 Å². The number of rotatable bonds is 7. The number of nitrogens with one attached hydrogen (secondary N) is 3. The van der Waals surface area contributed by atoms with Crippen LogP contribution in [0.4, 0.5) is 10.5 Å². The predicted molar refractivity (Wildman–Crippen MR) is 99.6 cm³/mol. The fourth-order valence-electron chi connectivity index (χ4n) is 1.97. The summed E-state index contributed by atoms with van der Waals surface area (Å²) in [5.74, 6) is 0.717. The number of urea groups is 1. The number of nitrogens with zero attached hydrogens (tertiary/aromatic N) is 1. The smallest absolute Gasteiger partial charge is 0.319 e. The van der Waals surface area contributed by atoms with Gasteiger partial charge in [-0.25, -0.2) is 9.78 Å². The third-order valence-electron chi connectivity index (χ3n) is 3.02. The van der Waals surface area contributed by atoms with Gasteiger partial charge in [0.15, 0.2) is 0 Å². The van der Waals surface area contributed by atoms with Gasteiger partial charge in [0.2, 0.25) is 0 Å². The highest BCUT2D eigenvalue weighted by atomic mass is 32.2. The van der Waals surface area contributed by atoms with Crippen molar-refractivity contribution in [3.63, 3.8) is 0 Å². The SMILES string of the molecule is CCNC(=O)c1cccc(NC(=O)NCc2csc(CSC)n2)c1. The molecule has 0 aliphatic carbocycles. The van der Waals surface area contributed by atoms with Crippen molar-refractivity contribution in [1.82, 2.24) is 15.6 Å². The van der Waals surface area contributed by atoms with E-state index in [1.54, 1.807) is 47.4 Å². The summed E-state index contributed by atoms with van der Waals surface area (Å²) >= 11 is 3.31. The molecule has 128 valence electrons. The molecule has 0 radical (unpaired) electrons. The molecule has 0 saturated heterocycles. The van der Waals surface area contributed by atoms with Gasteiger partial charge in [0, 0.05) is 28.9 Å². The second-order valence-electron chi connectivity index (χ2n) is 4.91. The Labute approximate surface area is 149 Å². The van der Waals surface area contributed by atoms with E-state index in [2.05, 4.69) is 20.9 Å². The van der Waals surface area contributed by atoms with Crippen molar-refractivity contribution < 1.29 is 9.59 Å². The molecule has 2 rings (SSSR count). The highest BCUT2D eigenvalue weighted by Gasteiger charge is 2.08. The first-order valence-corrected chi connectivity index (χ1v) is 9.75. The van der Waals surface area contributed by atoms with Crippen LogP contribution in [-0.4, -0.2) is 29.7 Å². The maximum atomic E-state index is 12.0. The summed E-state index contributed by atoms with van der Waals surface area (Å²) < 4.78 is 0. The van der Waals surface area contributed by atoms with E-state index in [4.69, 9.17) is 0 Å². The van der Waals surface area contributed by atoms with Crippen molar-refractivity contribution in [2.24, 2.45) is 0 Å². The van der Waals surface area contributed by atoms with Crippen LogP contribution in [0.15, 0.2) is 29.6 Å². The van der Waals surface area contributed by atoms with Gasteiger partial charge in [-0.05, 0) is 31.4 Å². The first-order chi connectivity index (χ1) is 11.6. The second-order valence-corrected chi connectivity index (χ2v) is 6.72. The maximum Gasteiger partial charge on any atom is 0.319 e. The van der Waals surface area contributed by atoms with E-state index in [0.717, 1.165) is 16.5 Å². The number of hydrogen-bond acceptors (Lipinski definition) is 5. The fourth-order valence-corrected chi connectivity index (χ4v) is 3.48. The van der Waals surface area contributed by atoms with E-state index in [9.17, 15) is 9.59 Å². The Balaban J connectivity index is 1.87. The van der Waals surface area contributed by atoms with Crippen LogP contribution < -0.4 is 16.0 Å². The molecule has 0 aliphatic rings. The number of anilines is 1. The molecule has 2 aromatic rings. The fraction of sp³-hybridized carbons (Fsp3) is 0.312. The quantitative estimate of drug-likeness (QED) is 0.705. The van der Waals surface area contributed by atoms with Crippen molar-refractivity contribution in [2.75, 3.05) is 18.1 Å². The molecule has 0 atom stereocenters. The molecule has 6 nitrogen and oxygen atoms in total. The highest BCUT2D eigenvalue weighted by Crippen LogP contribution is 2.15. The minimum Gasteiger partial charge on any atom is -0.352 e. The van der Waals surface area contributed by atoms with Gasteiger partial charge in [0.25, 0.3) is 5.91 Å². The van der Waals surface area contributed by atoms with Crippen LogP contribution in [0, 0.1) is 0 Å². The van der Waals surface area contributed by atoms with E-state index < -0.39 is 0 Å². The van der Waals surface area contributed by atoms with E-state index in [1.807, 2.05) is 18.6 Å². The minimum atomic E-state index is -0.331. The largest absolute Gasteiger partial charge is 0.352 e. The second kappa shape index (κ2) is 9.29. The Morgan fingerprint density at radius 2 is 2.12 bits per heavy atom. The Bertz CT molecular complexity index is 703. The Morgan fingerprint density at radius 3 is 2.88 bits per heavy atom. The Hall–Kier alpha value is -2.06. The molecule has 24 heavy (non-hydrogen) atoms. The molecule has 0 spiro atoms. The summed E-state index contributed by atoms with van der Waals surface area (Å²) in [6, 6.07) is 6.49. The van der Waals surface area contributed by atoms with Crippen molar-refractivity contribution in [1.29, 1.82) is 0 Å². The van der Waals surface area contributed by atoms with Crippen LogP contribution in [0.25, 0.3) is 0 Å². The zero-order chi connectivity index (χ0) is 17.4. The average Bonchev–Trinajstić information content (AvgIpc) is 3.01. The number of carbonyl (C=O) groups is 2. The van der Waals surface area contributed by atoms with Crippen molar-refractivity contribution in [3.8, 4) is 0 Å². The van der Waals surface area contributed by atoms with E-state index in [1.165, 1.54) is 0 Å². The molecule has 0 aliphatic heterocycles. The van der Waals surface area contributed by atoms with Gasteiger partial charge in [-0.3, -0.25) is 4.79 Å². The molecule has 1 aromatic carbocycles. The Kier molecular flexibility index (Phi) is 7.07. The lowest BCUT2D eigenvalue weighted by Crippen LogP contribution is -2.28. The lowest BCUT2D eigenvalue weighted by atomic mass is 10.2. The van der Waals surface area contributed by atoms with E-state index >= 15 is 0 Å². The van der Waals surface area contributed by atoms with Crippen LogP contribution in [0.1, 0.15) is 28.0 Å². The average molecular weight is 364 g/mol. The third kappa shape index (κ3) is 5.54. The van der Waals surface area contributed by atoms with Gasteiger partial charge in [0.05, 0.1) is 12.2 Å². The topological polar surface area (TPSA) is 83.1 Å². The number of benzene rings is 1. The van der Waals surface area contributed by atoms with E-state index in [-0.39, 0.29) is 11.9 Å². The van der Waals surface area contributed by atoms with Gasteiger partial charge in [0.1, 0.15) is 5.01 Å². The minimum absolute atomic E-state index is 0.162. The predicted octanol–water partition coefficient (Wildman–Crippen LogP) is 3.08. The first kappa shape index (κ1) is 18.3. The number of aromatic nitrogens is 1. The molecule has 3 N–H and O–H groups in total. The molecule has 0 unspecified atom stereocenters. The highest BCUT2D eigenvalue weighted by molar-refractivity contribution is 7.97. The molecule has 0 saturated carbocycles. The number of carbonyl (C=O) groups excluding carboxylic acids is 2. The van der Waals surface area contributed by atoms with Gasteiger partial charge in [-0.2, -0.15) is 11.8 Å². The van der Waals surface area contributed by atoms with Crippen LogP contribution >= 0.6 is 23.1 Å². The molecule has 0 fully saturated rings. The summed E-state index contributed by atoms with van der Waals surface area (Å²) in [6.45, 7) is 2.78. The van der Waals surface area contributed by atoms with E-state index in [0.29, 0.717) is 24.3 Å². The molecular weight excluding hydrogens is 344 g/mol. The lowest BCUT2D eigenvalue weighted by molar-refractivity contribution is 0.0956. The number of thiazole rings is 1. The molecule has 3 amide bonds. The maximum absolute atomic E-state index is 12.0. The zero-order valence-corrected chi connectivity index (χ0v) is 15.2. The van der Waals surface area contributed by atoms with Crippen LogP contribution in [0.5, 0.6) is 0 Å². The summed E-state index contributed by atoms with van der Waals surface area (Å²) in [4.78, 5) is 28.2. The third-order valence-corrected chi connectivity index (χ3v) is 4.66. The van der Waals surface area contributed by atoms with Gasteiger partial charge in [-0.15, -0.1) is 11.3 Å². The summed E-state index contributed by atoms with van der Waals surface area (Å²) in [6.07, 6.45) is 2.03. The molecule has 8 heteroatoms. The molecule has 0 bridgehead atoms. The number of hydrogen-bond donors (Lipinski definition) is 3. The normalized spacial score (nSPS) is 10.2. The van der Waals surface area contributed by atoms with Gasteiger partial charge in [-0.1, -0.05) is 6.07 Å². The summed E-state index contributed by atoms with van der Waals surface area (Å²) in [7, 11) is 0.